The predicted molar refractivity (Wildman–Crippen MR) is 88.9 cm³/mol. The molecule has 9 heteroatoms. The summed E-state index contributed by atoms with van der Waals surface area (Å²) in [5.41, 5.74) is 0.726. The van der Waals surface area contributed by atoms with Gasteiger partial charge in [-0.15, -0.1) is 0 Å². The third-order valence-electron chi connectivity index (χ3n) is 3.52. The molecule has 0 aliphatic rings. The fourth-order valence-corrected chi connectivity index (χ4v) is 3.23. The number of sulfonamides is 1. The fraction of sp³-hybridized carbons (Fsp3) is 0.267. The lowest BCUT2D eigenvalue weighted by Crippen LogP contribution is -2.34. The summed E-state index contributed by atoms with van der Waals surface area (Å²) < 4.78 is 27.2. The van der Waals surface area contributed by atoms with E-state index in [4.69, 9.17) is 0 Å². The molecule has 0 spiro atoms. The minimum absolute atomic E-state index is 0.0169. The van der Waals surface area contributed by atoms with Crippen molar-refractivity contribution in [1.82, 2.24) is 14.6 Å². The zero-order chi connectivity index (χ0) is 17.7. The number of hydrogen-bond acceptors (Lipinski definition) is 6. The molecule has 0 radical (unpaired) electrons. The molecule has 1 N–H and O–H groups in total. The number of non-ortho nitro benzene ring substituents is 1. The quantitative estimate of drug-likeness (QED) is 0.600. The monoisotopic (exact) mass is 350 g/mol. The molecule has 2 rings (SSSR count). The van der Waals surface area contributed by atoms with Crippen LogP contribution in [0.3, 0.4) is 0 Å². The van der Waals surface area contributed by atoms with E-state index >= 15 is 0 Å². The Kier molecular flexibility index (Phi) is 5.60. The first-order valence-electron chi connectivity index (χ1n) is 7.12. The van der Waals surface area contributed by atoms with E-state index in [9.17, 15) is 18.5 Å². The molecule has 1 aromatic carbocycles. The maximum atomic E-state index is 12.4. The Bertz CT molecular complexity index is 792. The minimum atomic E-state index is -3.76. The van der Waals surface area contributed by atoms with Crippen LogP contribution >= 0.6 is 0 Å². The summed E-state index contributed by atoms with van der Waals surface area (Å²) in [5, 5.41) is 10.6. The van der Waals surface area contributed by atoms with Gasteiger partial charge in [0, 0.05) is 37.1 Å². The maximum absolute atomic E-state index is 12.4. The van der Waals surface area contributed by atoms with Gasteiger partial charge in [-0.2, -0.15) is 0 Å². The second kappa shape index (κ2) is 7.47. The van der Waals surface area contributed by atoms with Gasteiger partial charge in [0.1, 0.15) is 0 Å². The van der Waals surface area contributed by atoms with Gasteiger partial charge < -0.3 is 4.90 Å². The Morgan fingerprint density at radius 3 is 2.42 bits per heavy atom. The Hall–Kier alpha value is -2.36. The molecule has 0 unspecified atom stereocenters. The summed E-state index contributed by atoms with van der Waals surface area (Å²) in [7, 11) is -0.0688. The third-order valence-corrected chi connectivity index (χ3v) is 4.96. The van der Waals surface area contributed by atoms with Gasteiger partial charge in [-0.3, -0.25) is 15.1 Å². The fourth-order valence-electron chi connectivity index (χ4n) is 2.19. The number of nitro benzene ring substituents is 1. The highest BCUT2D eigenvalue weighted by Crippen LogP contribution is 2.19. The number of nitro groups is 1. The number of nitrogens with one attached hydrogen (secondary N) is 1. The molecule has 0 fully saturated rings. The van der Waals surface area contributed by atoms with Gasteiger partial charge in [0.2, 0.25) is 10.0 Å². The van der Waals surface area contributed by atoms with Crippen LogP contribution in [0.2, 0.25) is 0 Å². The average Bonchev–Trinajstić information content (AvgIpc) is 2.55. The van der Waals surface area contributed by atoms with E-state index in [-0.39, 0.29) is 23.2 Å². The summed E-state index contributed by atoms with van der Waals surface area (Å²) >= 11 is 0. The van der Waals surface area contributed by atoms with Crippen molar-refractivity contribution in [3.63, 3.8) is 0 Å². The zero-order valence-corrected chi connectivity index (χ0v) is 14.1. The summed E-state index contributed by atoms with van der Waals surface area (Å²) in [6, 6.07) is 8.24. The van der Waals surface area contributed by atoms with E-state index in [1.165, 1.54) is 24.3 Å². The largest absolute Gasteiger partial charge is 0.301 e. The summed E-state index contributed by atoms with van der Waals surface area (Å²) in [6.45, 7) is 0.151. The van der Waals surface area contributed by atoms with Gasteiger partial charge >= 0.3 is 0 Å². The van der Waals surface area contributed by atoms with Crippen LogP contribution in [0.1, 0.15) is 11.6 Å². The van der Waals surface area contributed by atoms with Crippen LogP contribution in [-0.4, -0.2) is 43.9 Å². The van der Waals surface area contributed by atoms with E-state index in [1.807, 2.05) is 25.1 Å². The average molecular weight is 350 g/mol. The highest BCUT2D eigenvalue weighted by Gasteiger charge is 2.20. The number of nitrogens with zero attached hydrogens (tertiary/aromatic N) is 3. The molecular weight excluding hydrogens is 332 g/mol. The highest BCUT2D eigenvalue weighted by molar-refractivity contribution is 7.89. The Morgan fingerprint density at radius 2 is 1.92 bits per heavy atom. The number of likely N-dealkylation sites (N-methyl/N-ethyl adjacent to an activating group) is 1. The minimum Gasteiger partial charge on any atom is -0.301 e. The van der Waals surface area contributed by atoms with Gasteiger partial charge in [0.15, 0.2) is 0 Å². The number of aromatic nitrogens is 1. The van der Waals surface area contributed by atoms with Crippen molar-refractivity contribution in [2.24, 2.45) is 0 Å². The Balaban J connectivity index is 2.14. The molecule has 0 bridgehead atoms. The van der Waals surface area contributed by atoms with Crippen LogP contribution in [0.25, 0.3) is 0 Å². The number of rotatable bonds is 7. The molecule has 24 heavy (non-hydrogen) atoms. The van der Waals surface area contributed by atoms with Crippen LogP contribution < -0.4 is 4.72 Å². The molecule has 128 valence electrons. The third kappa shape index (κ3) is 4.34. The van der Waals surface area contributed by atoms with Crippen molar-refractivity contribution in [1.29, 1.82) is 0 Å². The second-order valence-corrected chi connectivity index (χ2v) is 7.14. The summed E-state index contributed by atoms with van der Waals surface area (Å²) in [5.74, 6) is 0. The van der Waals surface area contributed by atoms with E-state index in [1.54, 1.807) is 18.5 Å². The lowest BCUT2D eigenvalue weighted by molar-refractivity contribution is -0.384. The first-order chi connectivity index (χ1) is 11.3. The van der Waals surface area contributed by atoms with Gasteiger partial charge in [-0.25, -0.2) is 13.1 Å². The number of pyridine rings is 1. The van der Waals surface area contributed by atoms with Crippen molar-refractivity contribution >= 4 is 15.7 Å². The molecule has 0 saturated carbocycles. The molecule has 8 nitrogen and oxygen atoms in total. The van der Waals surface area contributed by atoms with Crippen molar-refractivity contribution in [2.75, 3.05) is 20.6 Å². The molecule has 1 aromatic heterocycles. The highest BCUT2D eigenvalue weighted by atomic mass is 32.2. The smallest absolute Gasteiger partial charge is 0.269 e. The molecule has 0 aliphatic carbocycles. The molecule has 1 atom stereocenters. The SMILES string of the molecule is CN(C)[C@H](CNS(=O)(=O)c1ccc([N+](=O)[O-])cc1)c1cccnc1. The molecule has 0 saturated heterocycles. The lowest BCUT2D eigenvalue weighted by atomic mass is 10.1. The normalized spacial score (nSPS) is 13.0. The maximum Gasteiger partial charge on any atom is 0.269 e. The first kappa shape index (κ1) is 18.0. The van der Waals surface area contributed by atoms with Gasteiger partial charge in [-0.1, -0.05) is 6.07 Å². The molecular formula is C15H18N4O4S. The van der Waals surface area contributed by atoms with Crippen LogP contribution in [0.5, 0.6) is 0 Å². The molecule has 0 amide bonds. The zero-order valence-electron chi connectivity index (χ0n) is 13.3. The molecule has 1 heterocycles. The van der Waals surface area contributed by atoms with Crippen molar-refractivity contribution in [2.45, 2.75) is 10.9 Å². The first-order valence-corrected chi connectivity index (χ1v) is 8.60. The summed E-state index contributed by atoms with van der Waals surface area (Å²) in [6.07, 6.45) is 3.34. The number of hydrogen-bond donors (Lipinski definition) is 1. The van der Waals surface area contributed by atoms with Gasteiger partial charge in [0.05, 0.1) is 9.82 Å². The van der Waals surface area contributed by atoms with Crippen LogP contribution in [0, 0.1) is 10.1 Å². The van der Waals surface area contributed by atoms with E-state index in [2.05, 4.69) is 9.71 Å². The molecule has 0 aliphatic heterocycles. The standard InChI is InChI=1S/C15H18N4O4S/c1-18(2)15(12-4-3-9-16-10-12)11-17-24(22,23)14-7-5-13(6-8-14)19(20)21/h3-10,15,17H,11H2,1-2H3/t15-/m1/s1. The number of benzene rings is 1. The van der Waals surface area contributed by atoms with Crippen molar-refractivity contribution in [3.05, 3.63) is 64.5 Å². The van der Waals surface area contributed by atoms with Gasteiger partial charge in [-0.05, 0) is 37.9 Å². The Morgan fingerprint density at radius 1 is 1.25 bits per heavy atom. The van der Waals surface area contributed by atoms with Crippen molar-refractivity contribution in [3.8, 4) is 0 Å². The lowest BCUT2D eigenvalue weighted by Gasteiger charge is -2.24. The van der Waals surface area contributed by atoms with Crippen LogP contribution in [-0.2, 0) is 10.0 Å². The van der Waals surface area contributed by atoms with Crippen molar-refractivity contribution < 1.29 is 13.3 Å². The second-order valence-electron chi connectivity index (χ2n) is 5.37. The van der Waals surface area contributed by atoms with E-state index in [0.717, 1.165) is 5.56 Å². The van der Waals surface area contributed by atoms with Gasteiger partial charge in [0.25, 0.3) is 5.69 Å². The summed E-state index contributed by atoms with van der Waals surface area (Å²) in [4.78, 5) is 16.0. The van der Waals surface area contributed by atoms with Crippen LogP contribution in [0.4, 0.5) is 5.69 Å². The predicted octanol–water partition coefficient (Wildman–Crippen LogP) is 1.57. The van der Waals surface area contributed by atoms with E-state index in [0.29, 0.717) is 0 Å². The Labute approximate surface area is 140 Å². The molecule has 2 aromatic rings. The van der Waals surface area contributed by atoms with E-state index < -0.39 is 14.9 Å². The topological polar surface area (TPSA) is 105 Å². The van der Waals surface area contributed by atoms with Crippen LogP contribution in [0.15, 0.2) is 53.7 Å².